The smallest absolute Gasteiger partial charge is 0.264 e. The maximum atomic E-state index is 11.8. The Labute approximate surface area is 111 Å². The predicted octanol–water partition coefficient (Wildman–Crippen LogP) is 1.96. The third-order valence-electron chi connectivity index (χ3n) is 2.64. The summed E-state index contributed by atoms with van der Waals surface area (Å²) in [5.74, 6) is 1.12. The molecule has 1 heterocycles. The molecule has 0 saturated carbocycles. The molecule has 98 valence electrons. The molecule has 1 amide bonds. The van der Waals surface area contributed by atoms with Crippen molar-refractivity contribution in [1.82, 2.24) is 5.32 Å². The van der Waals surface area contributed by atoms with Gasteiger partial charge in [0, 0.05) is 11.9 Å². The lowest BCUT2D eigenvalue weighted by Gasteiger charge is -2.25. The van der Waals surface area contributed by atoms with E-state index < -0.39 is 6.10 Å². The predicted molar refractivity (Wildman–Crippen MR) is 69.3 cm³/mol. The van der Waals surface area contributed by atoms with E-state index in [1.807, 2.05) is 25.1 Å². The first-order valence-electron chi connectivity index (χ1n) is 5.97. The third kappa shape index (κ3) is 3.29. The summed E-state index contributed by atoms with van der Waals surface area (Å²) >= 11 is 5.81. The third-order valence-corrected chi connectivity index (χ3v) is 2.86. The number of alkyl halides is 1. The molecule has 0 fully saturated rings. The summed E-state index contributed by atoms with van der Waals surface area (Å²) in [6.07, 6.45) is 0.141. The van der Waals surface area contributed by atoms with Gasteiger partial charge in [-0.15, -0.1) is 11.6 Å². The van der Waals surface area contributed by atoms with E-state index in [1.54, 1.807) is 6.07 Å². The van der Waals surface area contributed by atoms with E-state index in [0.29, 0.717) is 18.0 Å². The van der Waals surface area contributed by atoms with Crippen molar-refractivity contribution < 1.29 is 14.3 Å². The van der Waals surface area contributed by atoms with Gasteiger partial charge < -0.3 is 14.8 Å². The molecule has 1 aliphatic rings. The summed E-state index contributed by atoms with van der Waals surface area (Å²) < 4.78 is 11.1. The number of halogens is 1. The van der Waals surface area contributed by atoms with Gasteiger partial charge >= 0.3 is 0 Å². The van der Waals surface area contributed by atoms with Crippen LogP contribution < -0.4 is 14.8 Å². The molecular formula is C13H16ClNO3. The van der Waals surface area contributed by atoms with Crippen LogP contribution in [0, 0.1) is 0 Å². The number of benzene rings is 1. The quantitative estimate of drug-likeness (QED) is 0.850. The maximum absolute atomic E-state index is 11.8. The number of hydrogen-bond donors (Lipinski definition) is 1. The number of fused-ring (bicyclic) bond motifs is 1. The molecule has 2 rings (SSSR count). The van der Waals surface area contributed by atoms with Gasteiger partial charge in [-0.1, -0.05) is 12.1 Å². The van der Waals surface area contributed by atoms with Crippen LogP contribution in [0.5, 0.6) is 11.5 Å². The highest BCUT2D eigenvalue weighted by Crippen LogP contribution is 2.30. The van der Waals surface area contributed by atoms with Crippen molar-refractivity contribution in [3.8, 4) is 11.5 Å². The number of carbonyl (C=O) groups excluding carboxylic acids is 1. The minimum Gasteiger partial charge on any atom is -0.485 e. The van der Waals surface area contributed by atoms with Gasteiger partial charge in [-0.05, 0) is 25.5 Å². The van der Waals surface area contributed by atoms with Crippen molar-refractivity contribution >= 4 is 17.5 Å². The van der Waals surface area contributed by atoms with Gasteiger partial charge in [0.15, 0.2) is 11.5 Å². The van der Waals surface area contributed by atoms with E-state index in [4.69, 9.17) is 21.1 Å². The van der Waals surface area contributed by atoms with Gasteiger partial charge in [-0.3, -0.25) is 4.79 Å². The molecule has 0 spiro atoms. The SMILES string of the molecule is CC(Cl)CCNC(=O)C1COc2ccccc2O1. The largest absolute Gasteiger partial charge is 0.485 e. The van der Waals surface area contributed by atoms with Gasteiger partial charge in [0.05, 0.1) is 0 Å². The summed E-state index contributed by atoms with van der Waals surface area (Å²) in [6, 6.07) is 7.32. The van der Waals surface area contributed by atoms with Crippen LogP contribution in [-0.2, 0) is 4.79 Å². The monoisotopic (exact) mass is 269 g/mol. The summed E-state index contributed by atoms with van der Waals surface area (Å²) in [7, 11) is 0. The van der Waals surface area contributed by atoms with E-state index in [1.165, 1.54) is 0 Å². The fraction of sp³-hybridized carbons (Fsp3) is 0.462. The van der Waals surface area contributed by atoms with Gasteiger partial charge in [0.2, 0.25) is 6.10 Å². The molecule has 1 N–H and O–H groups in total. The van der Waals surface area contributed by atoms with E-state index in [-0.39, 0.29) is 17.9 Å². The van der Waals surface area contributed by atoms with Crippen molar-refractivity contribution in [3.63, 3.8) is 0 Å². The minimum atomic E-state index is -0.592. The Morgan fingerprint density at radius 1 is 1.50 bits per heavy atom. The average molecular weight is 270 g/mol. The molecule has 0 saturated heterocycles. The Morgan fingerprint density at radius 2 is 2.22 bits per heavy atom. The Hall–Kier alpha value is -1.42. The van der Waals surface area contributed by atoms with E-state index >= 15 is 0 Å². The molecule has 0 radical (unpaired) electrons. The minimum absolute atomic E-state index is 0.0505. The van der Waals surface area contributed by atoms with Crippen LogP contribution in [0.15, 0.2) is 24.3 Å². The lowest BCUT2D eigenvalue weighted by molar-refractivity contribution is -0.130. The standard InChI is InChI=1S/C13H16ClNO3/c1-9(14)6-7-15-13(16)12-8-17-10-4-2-3-5-11(10)18-12/h2-5,9,12H,6-8H2,1H3,(H,15,16). The summed E-state index contributed by atoms with van der Waals surface area (Å²) in [6.45, 7) is 2.68. The highest BCUT2D eigenvalue weighted by Gasteiger charge is 2.26. The Bertz CT molecular complexity index is 422. The highest BCUT2D eigenvalue weighted by molar-refractivity contribution is 6.20. The van der Waals surface area contributed by atoms with Gasteiger partial charge in [0.25, 0.3) is 5.91 Å². The number of para-hydroxylation sites is 2. The molecule has 0 aromatic heterocycles. The molecular weight excluding hydrogens is 254 g/mol. The van der Waals surface area contributed by atoms with Gasteiger partial charge in [-0.25, -0.2) is 0 Å². The van der Waals surface area contributed by atoms with Crippen LogP contribution in [0.2, 0.25) is 0 Å². The zero-order chi connectivity index (χ0) is 13.0. The van der Waals surface area contributed by atoms with E-state index in [2.05, 4.69) is 5.32 Å². The fourth-order valence-corrected chi connectivity index (χ4v) is 1.77. The maximum Gasteiger partial charge on any atom is 0.264 e. The molecule has 2 atom stereocenters. The van der Waals surface area contributed by atoms with Crippen LogP contribution in [0.1, 0.15) is 13.3 Å². The van der Waals surface area contributed by atoms with Crippen LogP contribution in [-0.4, -0.2) is 30.5 Å². The summed E-state index contributed by atoms with van der Waals surface area (Å²) in [5, 5.41) is 2.84. The molecule has 2 unspecified atom stereocenters. The van der Waals surface area contributed by atoms with Crippen molar-refractivity contribution in [3.05, 3.63) is 24.3 Å². The van der Waals surface area contributed by atoms with E-state index in [0.717, 1.165) is 6.42 Å². The normalized spacial score (nSPS) is 19.1. The Kier molecular flexibility index (Phi) is 4.31. The number of hydrogen-bond acceptors (Lipinski definition) is 3. The zero-order valence-corrected chi connectivity index (χ0v) is 10.9. The number of amides is 1. The fourth-order valence-electron chi connectivity index (χ4n) is 1.66. The lowest BCUT2D eigenvalue weighted by atomic mass is 10.2. The first-order chi connectivity index (χ1) is 8.66. The molecule has 4 nitrogen and oxygen atoms in total. The zero-order valence-electron chi connectivity index (χ0n) is 10.2. The average Bonchev–Trinajstić information content (AvgIpc) is 2.37. The number of nitrogens with one attached hydrogen (secondary N) is 1. The Balaban J connectivity index is 1.87. The van der Waals surface area contributed by atoms with E-state index in [9.17, 15) is 4.79 Å². The first-order valence-corrected chi connectivity index (χ1v) is 6.40. The summed E-state index contributed by atoms with van der Waals surface area (Å²) in [4.78, 5) is 11.8. The van der Waals surface area contributed by atoms with Crippen molar-refractivity contribution in [2.24, 2.45) is 0 Å². The van der Waals surface area contributed by atoms with Crippen molar-refractivity contribution in [1.29, 1.82) is 0 Å². The van der Waals surface area contributed by atoms with Gasteiger partial charge in [-0.2, -0.15) is 0 Å². The second-order valence-electron chi connectivity index (χ2n) is 4.22. The molecule has 0 bridgehead atoms. The number of ether oxygens (including phenoxy) is 2. The van der Waals surface area contributed by atoms with Crippen LogP contribution in [0.4, 0.5) is 0 Å². The molecule has 1 aliphatic heterocycles. The van der Waals surface area contributed by atoms with Crippen LogP contribution in [0.25, 0.3) is 0 Å². The molecule has 0 aliphatic carbocycles. The van der Waals surface area contributed by atoms with Gasteiger partial charge in [0.1, 0.15) is 6.61 Å². The molecule has 1 aromatic carbocycles. The lowest BCUT2D eigenvalue weighted by Crippen LogP contribution is -2.44. The number of rotatable bonds is 4. The highest BCUT2D eigenvalue weighted by atomic mass is 35.5. The van der Waals surface area contributed by atoms with Crippen LogP contribution in [0.3, 0.4) is 0 Å². The van der Waals surface area contributed by atoms with Crippen molar-refractivity contribution in [2.75, 3.05) is 13.2 Å². The first kappa shape index (κ1) is 13.0. The molecule has 1 aromatic rings. The topological polar surface area (TPSA) is 47.6 Å². The van der Waals surface area contributed by atoms with Crippen molar-refractivity contribution in [2.45, 2.75) is 24.8 Å². The second-order valence-corrected chi connectivity index (χ2v) is 4.97. The molecule has 18 heavy (non-hydrogen) atoms. The summed E-state index contributed by atoms with van der Waals surface area (Å²) in [5.41, 5.74) is 0. The Morgan fingerprint density at radius 3 is 2.94 bits per heavy atom. The van der Waals surface area contributed by atoms with Crippen LogP contribution >= 0.6 is 11.6 Å². The number of carbonyl (C=O) groups is 1. The second kappa shape index (κ2) is 5.96. The molecule has 5 heteroatoms.